The van der Waals surface area contributed by atoms with Crippen LogP contribution in [0.2, 0.25) is 10.2 Å². The Balaban J connectivity index is 1.78. The molecule has 21 heavy (non-hydrogen) atoms. The zero-order valence-corrected chi connectivity index (χ0v) is 14.1. The van der Waals surface area contributed by atoms with E-state index in [9.17, 15) is 0 Å². The van der Waals surface area contributed by atoms with Crippen molar-refractivity contribution in [3.8, 4) is 0 Å². The van der Waals surface area contributed by atoms with Crippen molar-refractivity contribution in [2.75, 3.05) is 13.1 Å². The number of aromatic nitrogens is 1. The Kier molecular flexibility index (Phi) is 5.05. The fraction of sp³-hybridized carbons (Fsp3) is 0.688. The van der Waals surface area contributed by atoms with Crippen LogP contribution in [0.4, 0.5) is 0 Å². The second kappa shape index (κ2) is 6.82. The molecule has 1 aromatic heterocycles. The van der Waals surface area contributed by atoms with Crippen molar-refractivity contribution in [1.82, 2.24) is 15.2 Å². The number of hydrogen-bond acceptors (Lipinski definition) is 3. The average molecular weight is 328 g/mol. The standard InChI is InChI=1S/C16H23Cl2N3/c1-11-9-13(17)12(16(18)20-11)10-21-8-3-2-6-15(21)14-5-4-7-19-14/h9,14-15,19H,2-8,10H2,1H3. The number of nitrogens with one attached hydrogen (secondary N) is 1. The molecule has 2 atom stereocenters. The lowest BCUT2D eigenvalue weighted by Gasteiger charge is -2.39. The van der Waals surface area contributed by atoms with Crippen LogP contribution in [0.25, 0.3) is 0 Å². The highest BCUT2D eigenvalue weighted by Gasteiger charge is 2.32. The van der Waals surface area contributed by atoms with Gasteiger partial charge in [0, 0.05) is 34.9 Å². The predicted octanol–water partition coefficient (Wildman–Crippen LogP) is 3.80. The monoisotopic (exact) mass is 327 g/mol. The number of aryl methyl sites for hydroxylation is 1. The van der Waals surface area contributed by atoms with E-state index in [1.807, 2.05) is 13.0 Å². The van der Waals surface area contributed by atoms with Crippen LogP contribution in [0.3, 0.4) is 0 Å². The van der Waals surface area contributed by atoms with E-state index in [1.54, 1.807) is 0 Å². The molecule has 0 radical (unpaired) electrons. The van der Waals surface area contributed by atoms with Gasteiger partial charge in [-0.3, -0.25) is 4.90 Å². The molecule has 0 amide bonds. The maximum absolute atomic E-state index is 6.39. The SMILES string of the molecule is Cc1cc(Cl)c(CN2CCCCC2C2CCCN2)c(Cl)n1. The van der Waals surface area contributed by atoms with Crippen molar-refractivity contribution in [2.45, 2.75) is 57.7 Å². The lowest BCUT2D eigenvalue weighted by molar-refractivity contribution is 0.112. The lowest BCUT2D eigenvalue weighted by Crippen LogP contribution is -2.49. The smallest absolute Gasteiger partial charge is 0.135 e. The number of nitrogens with zero attached hydrogens (tertiary/aromatic N) is 2. The molecule has 0 aliphatic carbocycles. The molecule has 5 heteroatoms. The van der Waals surface area contributed by atoms with Gasteiger partial charge in [0.05, 0.1) is 0 Å². The highest BCUT2D eigenvalue weighted by Crippen LogP contribution is 2.30. The van der Waals surface area contributed by atoms with E-state index in [2.05, 4.69) is 15.2 Å². The van der Waals surface area contributed by atoms with Crippen molar-refractivity contribution in [2.24, 2.45) is 0 Å². The Morgan fingerprint density at radius 1 is 1.29 bits per heavy atom. The third-order valence-electron chi connectivity index (χ3n) is 4.74. The summed E-state index contributed by atoms with van der Waals surface area (Å²) in [6.45, 7) is 5.02. The summed E-state index contributed by atoms with van der Waals surface area (Å²) in [7, 11) is 0. The average Bonchev–Trinajstić information content (AvgIpc) is 2.97. The number of hydrogen-bond donors (Lipinski definition) is 1. The van der Waals surface area contributed by atoms with E-state index in [1.165, 1.54) is 32.1 Å². The maximum atomic E-state index is 6.39. The van der Waals surface area contributed by atoms with Gasteiger partial charge in [0.2, 0.25) is 0 Å². The van der Waals surface area contributed by atoms with E-state index in [-0.39, 0.29) is 0 Å². The van der Waals surface area contributed by atoms with Crippen LogP contribution in [-0.2, 0) is 6.54 Å². The highest BCUT2D eigenvalue weighted by atomic mass is 35.5. The summed E-state index contributed by atoms with van der Waals surface area (Å²) in [5, 5.41) is 4.96. The largest absolute Gasteiger partial charge is 0.312 e. The van der Waals surface area contributed by atoms with Crippen molar-refractivity contribution in [3.05, 3.63) is 27.5 Å². The summed E-state index contributed by atoms with van der Waals surface area (Å²) in [6.07, 6.45) is 6.44. The van der Waals surface area contributed by atoms with Gasteiger partial charge in [0.15, 0.2) is 0 Å². The molecule has 0 aromatic carbocycles. The molecule has 0 saturated carbocycles. The van der Waals surface area contributed by atoms with E-state index in [0.29, 0.717) is 17.2 Å². The van der Waals surface area contributed by atoms with E-state index < -0.39 is 0 Å². The Morgan fingerprint density at radius 2 is 2.14 bits per heavy atom. The number of likely N-dealkylation sites (tertiary alicyclic amines) is 1. The normalized spacial score (nSPS) is 27.2. The van der Waals surface area contributed by atoms with Gasteiger partial charge in [0.25, 0.3) is 0 Å². The molecule has 2 unspecified atom stereocenters. The van der Waals surface area contributed by atoms with Crippen molar-refractivity contribution < 1.29 is 0 Å². The minimum atomic E-state index is 0.559. The van der Waals surface area contributed by atoms with Crippen LogP contribution in [-0.4, -0.2) is 35.1 Å². The Morgan fingerprint density at radius 3 is 2.86 bits per heavy atom. The maximum Gasteiger partial charge on any atom is 0.135 e. The summed E-state index contributed by atoms with van der Waals surface area (Å²) >= 11 is 12.7. The molecule has 3 nitrogen and oxygen atoms in total. The summed E-state index contributed by atoms with van der Waals surface area (Å²) in [6, 6.07) is 3.14. The van der Waals surface area contributed by atoms with Crippen LogP contribution in [0.5, 0.6) is 0 Å². The molecule has 116 valence electrons. The summed E-state index contributed by atoms with van der Waals surface area (Å²) in [5.41, 5.74) is 1.86. The van der Waals surface area contributed by atoms with Gasteiger partial charge >= 0.3 is 0 Å². The molecule has 2 aliphatic heterocycles. The second-order valence-corrected chi connectivity index (χ2v) is 7.02. The first-order valence-corrected chi connectivity index (χ1v) is 8.69. The number of halogens is 2. The van der Waals surface area contributed by atoms with Gasteiger partial charge in [-0.15, -0.1) is 0 Å². The van der Waals surface area contributed by atoms with E-state index in [0.717, 1.165) is 35.9 Å². The van der Waals surface area contributed by atoms with E-state index in [4.69, 9.17) is 23.2 Å². The minimum absolute atomic E-state index is 0.559. The topological polar surface area (TPSA) is 28.2 Å². The fourth-order valence-corrected chi connectivity index (χ4v) is 4.33. The molecule has 2 aliphatic rings. The summed E-state index contributed by atoms with van der Waals surface area (Å²) < 4.78 is 0. The van der Waals surface area contributed by atoms with E-state index >= 15 is 0 Å². The zero-order valence-electron chi connectivity index (χ0n) is 12.5. The highest BCUT2D eigenvalue weighted by molar-refractivity contribution is 6.35. The Hall–Kier alpha value is -0.350. The molecule has 0 bridgehead atoms. The second-order valence-electron chi connectivity index (χ2n) is 6.25. The van der Waals surface area contributed by atoms with Gasteiger partial charge in [-0.25, -0.2) is 4.98 Å². The molecular formula is C16H23Cl2N3. The number of pyridine rings is 1. The van der Waals surface area contributed by atoms with Crippen molar-refractivity contribution in [3.63, 3.8) is 0 Å². The summed E-state index contributed by atoms with van der Waals surface area (Å²) in [5.74, 6) is 0. The third kappa shape index (κ3) is 3.53. The molecular weight excluding hydrogens is 305 g/mol. The van der Waals surface area contributed by atoms with Crippen molar-refractivity contribution >= 4 is 23.2 Å². The Bertz CT molecular complexity index is 477. The predicted molar refractivity (Wildman–Crippen MR) is 88.1 cm³/mol. The lowest BCUT2D eigenvalue weighted by atomic mass is 9.94. The van der Waals surface area contributed by atoms with Gasteiger partial charge < -0.3 is 5.32 Å². The van der Waals surface area contributed by atoms with Gasteiger partial charge in [0.1, 0.15) is 5.15 Å². The third-order valence-corrected chi connectivity index (χ3v) is 5.39. The first-order valence-electron chi connectivity index (χ1n) is 7.94. The zero-order chi connectivity index (χ0) is 14.8. The first-order chi connectivity index (χ1) is 10.1. The number of rotatable bonds is 3. The Labute approximate surface area is 137 Å². The van der Waals surface area contributed by atoms with Crippen LogP contribution in [0, 0.1) is 6.92 Å². The van der Waals surface area contributed by atoms with Crippen LogP contribution < -0.4 is 5.32 Å². The molecule has 1 N–H and O–H groups in total. The van der Waals surface area contributed by atoms with Crippen LogP contribution in [0.15, 0.2) is 6.07 Å². The molecule has 0 spiro atoms. The van der Waals surface area contributed by atoms with Gasteiger partial charge in [-0.2, -0.15) is 0 Å². The minimum Gasteiger partial charge on any atom is -0.312 e. The summed E-state index contributed by atoms with van der Waals surface area (Å²) in [4.78, 5) is 6.91. The first kappa shape index (κ1) is 15.5. The molecule has 2 saturated heterocycles. The van der Waals surface area contributed by atoms with Crippen LogP contribution >= 0.6 is 23.2 Å². The quantitative estimate of drug-likeness (QED) is 0.856. The number of piperidine rings is 1. The molecule has 2 fully saturated rings. The molecule has 1 aromatic rings. The van der Waals surface area contributed by atoms with Crippen LogP contribution in [0.1, 0.15) is 43.4 Å². The van der Waals surface area contributed by atoms with Gasteiger partial charge in [-0.05, 0) is 51.8 Å². The van der Waals surface area contributed by atoms with Crippen molar-refractivity contribution in [1.29, 1.82) is 0 Å². The molecule has 3 rings (SSSR count). The van der Waals surface area contributed by atoms with Gasteiger partial charge in [-0.1, -0.05) is 29.6 Å². The molecule has 3 heterocycles. The fourth-order valence-electron chi connectivity index (χ4n) is 3.68.